The number of aryl methyl sites for hydroxylation is 2. The van der Waals surface area contributed by atoms with Crippen LogP contribution in [0.1, 0.15) is 24.0 Å². The molecule has 0 spiro atoms. The van der Waals surface area contributed by atoms with Crippen molar-refractivity contribution in [3.8, 4) is 11.5 Å². The molecule has 1 aromatic carbocycles. The second-order valence-electron chi connectivity index (χ2n) is 7.11. The van der Waals surface area contributed by atoms with Crippen molar-refractivity contribution in [2.24, 2.45) is 0 Å². The molecule has 1 saturated heterocycles. The summed E-state index contributed by atoms with van der Waals surface area (Å²) >= 11 is 0. The summed E-state index contributed by atoms with van der Waals surface area (Å²) in [5, 5.41) is 0. The van der Waals surface area contributed by atoms with Crippen LogP contribution in [0.2, 0.25) is 0 Å². The average molecular weight is 367 g/mol. The SMILES string of the molecule is Cc1cc2nc3c(=O)[nH]c(=O)nc-3n(CCN3CCC[C@@H]3C=O)c2cc1C. The van der Waals surface area contributed by atoms with E-state index < -0.39 is 11.2 Å². The van der Waals surface area contributed by atoms with Crippen LogP contribution in [-0.4, -0.2) is 49.8 Å². The van der Waals surface area contributed by atoms with Gasteiger partial charge in [-0.2, -0.15) is 4.98 Å². The van der Waals surface area contributed by atoms with Crippen LogP contribution in [-0.2, 0) is 11.3 Å². The molecule has 1 atom stereocenters. The molecule has 4 rings (SSSR count). The maximum atomic E-state index is 12.3. The van der Waals surface area contributed by atoms with Gasteiger partial charge in [0.25, 0.3) is 5.56 Å². The number of likely N-dealkylation sites (tertiary alicyclic amines) is 1. The molecule has 0 bridgehead atoms. The topological polar surface area (TPSA) is 101 Å². The first-order valence-electron chi connectivity index (χ1n) is 9.09. The minimum absolute atomic E-state index is 0.0691. The van der Waals surface area contributed by atoms with Crippen molar-refractivity contribution >= 4 is 17.3 Å². The van der Waals surface area contributed by atoms with Gasteiger partial charge in [0.2, 0.25) is 0 Å². The summed E-state index contributed by atoms with van der Waals surface area (Å²) in [5.74, 6) is 0.279. The standard InChI is InChI=1S/C19H21N5O3/c1-11-8-14-15(9-12(11)2)24(7-6-23-5-3-4-13(23)10-25)17-16(20-14)18(26)22-19(27)21-17/h8-10,13H,3-7H2,1-2H3,(H,22,26,27)/t13-/m1/s1. The van der Waals surface area contributed by atoms with Crippen LogP contribution in [0.15, 0.2) is 21.7 Å². The van der Waals surface area contributed by atoms with Gasteiger partial charge in [0.15, 0.2) is 11.5 Å². The van der Waals surface area contributed by atoms with Gasteiger partial charge in [0, 0.05) is 13.1 Å². The Morgan fingerprint density at radius 1 is 1.19 bits per heavy atom. The van der Waals surface area contributed by atoms with Crippen molar-refractivity contribution < 1.29 is 4.79 Å². The predicted octanol–water partition coefficient (Wildman–Crippen LogP) is 0.865. The van der Waals surface area contributed by atoms with E-state index in [-0.39, 0.29) is 17.6 Å². The number of hydrogen-bond acceptors (Lipinski definition) is 6. The molecule has 3 aliphatic rings. The molecule has 0 aromatic heterocycles. The van der Waals surface area contributed by atoms with E-state index in [9.17, 15) is 14.4 Å². The molecule has 3 aliphatic heterocycles. The lowest BCUT2D eigenvalue weighted by Crippen LogP contribution is -2.35. The van der Waals surface area contributed by atoms with Crippen LogP contribution in [0.4, 0.5) is 0 Å². The number of nitrogens with one attached hydrogen (secondary N) is 1. The third kappa shape index (κ3) is 3.06. The minimum atomic E-state index is -0.682. The molecule has 140 valence electrons. The number of benzene rings is 1. The van der Waals surface area contributed by atoms with E-state index in [1.807, 2.05) is 30.5 Å². The fourth-order valence-electron chi connectivity index (χ4n) is 3.79. The lowest BCUT2D eigenvalue weighted by atomic mass is 10.1. The highest BCUT2D eigenvalue weighted by molar-refractivity contribution is 5.81. The highest BCUT2D eigenvalue weighted by Gasteiger charge is 2.25. The first-order valence-corrected chi connectivity index (χ1v) is 9.09. The maximum absolute atomic E-state index is 12.3. The molecule has 0 saturated carbocycles. The molecule has 27 heavy (non-hydrogen) atoms. The van der Waals surface area contributed by atoms with E-state index in [2.05, 4.69) is 19.9 Å². The van der Waals surface area contributed by atoms with Crippen LogP contribution in [0.3, 0.4) is 0 Å². The van der Waals surface area contributed by atoms with Crippen molar-refractivity contribution in [3.05, 3.63) is 44.1 Å². The van der Waals surface area contributed by atoms with Gasteiger partial charge in [0.1, 0.15) is 6.29 Å². The van der Waals surface area contributed by atoms with Gasteiger partial charge in [-0.15, -0.1) is 0 Å². The smallest absolute Gasteiger partial charge is 0.321 e. The van der Waals surface area contributed by atoms with Crippen molar-refractivity contribution in [1.29, 1.82) is 0 Å². The van der Waals surface area contributed by atoms with Gasteiger partial charge >= 0.3 is 5.69 Å². The zero-order valence-corrected chi connectivity index (χ0v) is 15.4. The van der Waals surface area contributed by atoms with E-state index in [1.165, 1.54) is 0 Å². The Bertz CT molecular complexity index is 1120. The molecule has 8 heteroatoms. The molecule has 0 radical (unpaired) electrons. The second-order valence-corrected chi connectivity index (χ2v) is 7.11. The number of aromatic amines is 1. The largest absolute Gasteiger partial charge is 0.349 e. The monoisotopic (exact) mass is 367 g/mol. The van der Waals surface area contributed by atoms with Gasteiger partial charge in [-0.05, 0) is 56.5 Å². The van der Waals surface area contributed by atoms with Gasteiger partial charge in [-0.25, -0.2) is 9.78 Å². The molecular formula is C19H21N5O3. The molecule has 0 amide bonds. The molecule has 1 aromatic rings. The van der Waals surface area contributed by atoms with Crippen LogP contribution in [0, 0.1) is 13.8 Å². The van der Waals surface area contributed by atoms with E-state index >= 15 is 0 Å². The lowest BCUT2D eigenvalue weighted by molar-refractivity contribution is -0.111. The molecule has 0 unspecified atom stereocenters. The molecular weight excluding hydrogens is 346 g/mol. The van der Waals surface area contributed by atoms with Crippen LogP contribution >= 0.6 is 0 Å². The molecule has 8 nitrogen and oxygen atoms in total. The summed E-state index contributed by atoms with van der Waals surface area (Å²) in [6, 6.07) is 3.88. The zero-order chi connectivity index (χ0) is 19.1. The number of aromatic nitrogens is 4. The van der Waals surface area contributed by atoms with Crippen molar-refractivity contribution in [2.45, 2.75) is 39.3 Å². The fraction of sp³-hybridized carbons (Fsp3) is 0.421. The number of hydrogen-bond donors (Lipinski definition) is 1. The fourth-order valence-corrected chi connectivity index (χ4v) is 3.79. The third-order valence-electron chi connectivity index (χ3n) is 5.41. The number of rotatable bonds is 4. The molecule has 1 fully saturated rings. The third-order valence-corrected chi connectivity index (χ3v) is 5.41. The molecule has 0 aliphatic carbocycles. The van der Waals surface area contributed by atoms with E-state index in [0.29, 0.717) is 18.6 Å². The van der Waals surface area contributed by atoms with Gasteiger partial charge in [-0.3, -0.25) is 14.7 Å². The van der Waals surface area contributed by atoms with Gasteiger partial charge < -0.3 is 9.36 Å². The predicted molar refractivity (Wildman–Crippen MR) is 101 cm³/mol. The number of carbonyl (C=O) groups is 1. The van der Waals surface area contributed by atoms with Crippen molar-refractivity contribution in [2.75, 3.05) is 13.1 Å². The number of carbonyl (C=O) groups excluding carboxylic acids is 1. The average Bonchev–Trinajstić information content (AvgIpc) is 3.08. The Morgan fingerprint density at radius 3 is 2.74 bits per heavy atom. The first-order chi connectivity index (χ1) is 13.0. The Balaban J connectivity index is 1.89. The number of fused-ring (bicyclic) bond motifs is 2. The van der Waals surface area contributed by atoms with Crippen LogP contribution in [0.5, 0.6) is 0 Å². The quantitative estimate of drug-likeness (QED) is 0.542. The lowest BCUT2D eigenvalue weighted by Gasteiger charge is -2.23. The normalized spacial score (nSPS) is 17.8. The Hall–Kier alpha value is -2.87. The number of H-pyrrole nitrogens is 1. The van der Waals surface area contributed by atoms with Crippen molar-refractivity contribution in [3.63, 3.8) is 0 Å². The van der Waals surface area contributed by atoms with E-state index in [4.69, 9.17) is 0 Å². The second kappa shape index (κ2) is 6.70. The summed E-state index contributed by atoms with van der Waals surface area (Å²) in [7, 11) is 0. The summed E-state index contributed by atoms with van der Waals surface area (Å²) in [6.45, 7) is 6.02. The summed E-state index contributed by atoms with van der Waals surface area (Å²) in [5.41, 5.74) is 2.61. The molecule has 1 N–H and O–H groups in total. The Kier molecular flexibility index (Phi) is 4.35. The van der Waals surface area contributed by atoms with Crippen molar-refractivity contribution in [1.82, 2.24) is 24.4 Å². The Morgan fingerprint density at radius 2 is 1.96 bits per heavy atom. The minimum Gasteiger partial charge on any atom is -0.321 e. The molecule has 3 heterocycles. The summed E-state index contributed by atoms with van der Waals surface area (Å²) < 4.78 is 1.88. The highest BCUT2D eigenvalue weighted by atomic mass is 16.2. The zero-order valence-electron chi connectivity index (χ0n) is 15.4. The van der Waals surface area contributed by atoms with Gasteiger partial charge in [-0.1, -0.05) is 0 Å². The van der Waals surface area contributed by atoms with Crippen LogP contribution < -0.4 is 11.2 Å². The maximum Gasteiger partial charge on any atom is 0.349 e. The number of nitrogens with zero attached hydrogens (tertiary/aromatic N) is 4. The van der Waals surface area contributed by atoms with E-state index in [0.717, 1.165) is 42.3 Å². The summed E-state index contributed by atoms with van der Waals surface area (Å²) in [4.78, 5) is 48.2. The first kappa shape index (κ1) is 17.5. The number of aldehydes is 1. The summed E-state index contributed by atoms with van der Waals surface area (Å²) in [6.07, 6.45) is 2.85. The van der Waals surface area contributed by atoms with Crippen LogP contribution in [0.25, 0.3) is 22.6 Å². The highest BCUT2D eigenvalue weighted by Crippen LogP contribution is 2.24. The van der Waals surface area contributed by atoms with Gasteiger partial charge in [0.05, 0.1) is 17.1 Å². The Labute approximate surface area is 155 Å². The van der Waals surface area contributed by atoms with E-state index in [1.54, 1.807) is 0 Å².